The predicted octanol–water partition coefficient (Wildman–Crippen LogP) is 1.57. The molecule has 0 aliphatic carbocycles. The third kappa shape index (κ3) is 2.97. The van der Waals surface area contributed by atoms with Gasteiger partial charge >= 0.3 is 0 Å². The van der Waals surface area contributed by atoms with Crippen molar-refractivity contribution in [3.8, 4) is 0 Å². The van der Waals surface area contributed by atoms with E-state index in [0.29, 0.717) is 11.6 Å². The molecule has 1 heterocycles. The maximum Gasteiger partial charge on any atom is 0.224 e. The largest absolute Gasteiger partial charge is 0.352 e. The van der Waals surface area contributed by atoms with Crippen molar-refractivity contribution in [2.24, 2.45) is 5.92 Å². The maximum absolute atomic E-state index is 11.7. The number of carbonyl (C=O) groups excluding carboxylic acids is 1. The zero-order chi connectivity index (χ0) is 11.4. The van der Waals surface area contributed by atoms with E-state index in [9.17, 15) is 4.79 Å². The minimum absolute atomic E-state index is 0.124. The summed E-state index contributed by atoms with van der Waals surface area (Å²) >= 11 is 5.86. The van der Waals surface area contributed by atoms with Crippen molar-refractivity contribution < 1.29 is 4.79 Å². The first-order chi connectivity index (χ1) is 7.75. The molecule has 1 aliphatic rings. The van der Waals surface area contributed by atoms with Crippen molar-refractivity contribution in [2.45, 2.75) is 13.0 Å². The van der Waals surface area contributed by atoms with Crippen molar-refractivity contribution in [3.63, 3.8) is 0 Å². The molecule has 1 saturated heterocycles. The molecule has 0 aromatic heterocycles. The highest BCUT2D eigenvalue weighted by Crippen LogP contribution is 2.11. The van der Waals surface area contributed by atoms with Crippen LogP contribution in [0.1, 0.15) is 12.0 Å². The zero-order valence-corrected chi connectivity index (χ0v) is 9.76. The summed E-state index contributed by atoms with van der Waals surface area (Å²) in [6.07, 6.45) is 0.932. The van der Waals surface area contributed by atoms with Gasteiger partial charge in [0.15, 0.2) is 0 Å². The summed E-state index contributed by atoms with van der Waals surface area (Å²) in [4.78, 5) is 11.7. The first kappa shape index (κ1) is 11.4. The lowest BCUT2D eigenvalue weighted by atomic mass is 10.1. The average Bonchev–Trinajstić information content (AvgIpc) is 2.79. The van der Waals surface area contributed by atoms with Gasteiger partial charge in [-0.15, -0.1) is 0 Å². The molecular formula is C12H15ClN2O. The molecule has 1 atom stereocenters. The highest BCUT2D eigenvalue weighted by atomic mass is 35.5. The summed E-state index contributed by atoms with van der Waals surface area (Å²) in [6, 6.07) is 7.54. The van der Waals surface area contributed by atoms with E-state index in [0.717, 1.165) is 25.1 Å². The highest BCUT2D eigenvalue weighted by molar-refractivity contribution is 6.30. The molecule has 0 saturated carbocycles. The SMILES string of the molecule is O=C(NCc1cccc(Cl)c1)C1CCNC1. The number of hydrogen-bond acceptors (Lipinski definition) is 2. The van der Waals surface area contributed by atoms with Gasteiger partial charge in [0.25, 0.3) is 0 Å². The van der Waals surface area contributed by atoms with Crippen LogP contribution in [0.3, 0.4) is 0 Å². The molecule has 1 unspecified atom stereocenters. The molecule has 1 amide bonds. The van der Waals surface area contributed by atoms with E-state index in [2.05, 4.69) is 10.6 Å². The van der Waals surface area contributed by atoms with Gasteiger partial charge in [0, 0.05) is 18.1 Å². The molecule has 1 aliphatic heterocycles. The van der Waals surface area contributed by atoms with Gasteiger partial charge < -0.3 is 10.6 Å². The molecule has 2 N–H and O–H groups in total. The second-order valence-corrected chi connectivity index (χ2v) is 4.47. The quantitative estimate of drug-likeness (QED) is 0.839. The van der Waals surface area contributed by atoms with Gasteiger partial charge in [-0.3, -0.25) is 4.79 Å². The summed E-state index contributed by atoms with van der Waals surface area (Å²) in [6.45, 7) is 2.28. The van der Waals surface area contributed by atoms with E-state index in [-0.39, 0.29) is 11.8 Å². The van der Waals surface area contributed by atoms with Gasteiger partial charge in [-0.2, -0.15) is 0 Å². The summed E-state index contributed by atoms with van der Waals surface area (Å²) in [7, 11) is 0. The van der Waals surface area contributed by atoms with Crippen molar-refractivity contribution in [1.82, 2.24) is 10.6 Å². The molecule has 86 valence electrons. The van der Waals surface area contributed by atoms with E-state index < -0.39 is 0 Å². The van der Waals surface area contributed by atoms with Crippen LogP contribution in [0.5, 0.6) is 0 Å². The smallest absolute Gasteiger partial charge is 0.224 e. The normalized spacial score (nSPS) is 19.7. The fourth-order valence-corrected chi connectivity index (χ4v) is 2.07. The van der Waals surface area contributed by atoms with Crippen LogP contribution in [0.15, 0.2) is 24.3 Å². The summed E-state index contributed by atoms with van der Waals surface area (Å²) < 4.78 is 0. The Morgan fingerprint density at radius 2 is 2.44 bits per heavy atom. The summed E-state index contributed by atoms with van der Waals surface area (Å²) in [5.41, 5.74) is 1.03. The van der Waals surface area contributed by atoms with Crippen LogP contribution >= 0.6 is 11.6 Å². The number of benzene rings is 1. The van der Waals surface area contributed by atoms with E-state index in [1.54, 1.807) is 0 Å². The summed E-state index contributed by atoms with van der Waals surface area (Å²) in [5, 5.41) is 6.81. The Bertz CT molecular complexity index is 375. The molecular weight excluding hydrogens is 224 g/mol. The van der Waals surface area contributed by atoms with Crippen LogP contribution in [-0.2, 0) is 11.3 Å². The minimum atomic E-state index is 0.124. The second-order valence-electron chi connectivity index (χ2n) is 4.04. The lowest BCUT2D eigenvalue weighted by molar-refractivity contribution is -0.124. The topological polar surface area (TPSA) is 41.1 Å². The van der Waals surface area contributed by atoms with Crippen molar-refractivity contribution in [3.05, 3.63) is 34.9 Å². The van der Waals surface area contributed by atoms with Crippen molar-refractivity contribution in [2.75, 3.05) is 13.1 Å². The van der Waals surface area contributed by atoms with Gasteiger partial charge in [-0.05, 0) is 30.7 Å². The highest BCUT2D eigenvalue weighted by Gasteiger charge is 2.21. The Labute approximate surface area is 100 Å². The number of rotatable bonds is 3. The Hall–Kier alpha value is -1.06. The lowest BCUT2D eigenvalue weighted by Gasteiger charge is -2.09. The molecule has 0 radical (unpaired) electrons. The maximum atomic E-state index is 11.7. The molecule has 16 heavy (non-hydrogen) atoms. The first-order valence-electron chi connectivity index (χ1n) is 5.48. The number of halogens is 1. The predicted molar refractivity (Wildman–Crippen MR) is 64.3 cm³/mol. The van der Waals surface area contributed by atoms with Crippen LogP contribution in [0.25, 0.3) is 0 Å². The third-order valence-corrected chi connectivity index (χ3v) is 3.02. The van der Waals surface area contributed by atoms with Gasteiger partial charge in [0.05, 0.1) is 5.92 Å². The zero-order valence-electron chi connectivity index (χ0n) is 9.00. The van der Waals surface area contributed by atoms with Crippen LogP contribution in [-0.4, -0.2) is 19.0 Å². The van der Waals surface area contributed by atoms with Gasteiger partial charge in [0.1, 0.15) is 0 Å². The molecule has 4 heteroatoms. The number of hydrogen-bond donors (Lipinski definition) is 2. The van der Waals surface area contributed by atoms with E-state index >= 15 is 0 Å². The number of carbonyl (C=O) groups is 1. The lowest BCUT2D eigenvalue weighted by Crippen LogP contribution is -2.31. The Kier molecular flexibility index (Phi) is 3.80. The van der Waals surface area contributed by atoms with E-state index in [1.807, 2.05) is 24.3 Å². The molecule has 2 rings (SSSR count). The molecule has 1 aromatic rings. The monoisotopic (exact) mass is 238 g/mol. The third-order valence-electron chi connectivity index (χ3n) is 2.79. The molecule has 3 nitrogen and oxygen atoms in total. The number of nitrogens with one attached hydrogen (secondary N) is 2. The average molecular weight is 239 g/mol. The second kappa shape index (κ2) is 5.32. The number of amides is 1. The first-order valence-corrected chi connectivity index (χ1v) is 5.86. The van der Waals surface area contributed by atoms with Crippen molar-refractivity contribution >= 4 is 17.5 Å². The molecule has 1 aromatic carbocycles. The Morgan fingerprint density at radius 3 is 3.12 bits per heavy atom. The molecule has 0 spiro atoms. The van der Waals surface area contributed by atoms with Gasteiger partial charge in [-0.25, -0.2) is 0 Å². The Morgan fingerprint density at radius 1 is 1.56 bits per heavy atom. The standard InChI is InChI=1S/C12H15ClN2O/c13-11-3-1-2-9(6-11)7-15-12(16)10-4-5-14-8-10/h1-3,6,10,14H,4-5,7-8H2,(H,15,16). The summed E-state index contributed by atoms with van der Waals surface area (Å²) in [5.74, 6) is 0.254. The fraction of sp³-hybridized carbons (Fsp3) is 0.417. The van der Waals surface area contributed by atoms with Crippen LogP contribution in [0.2, 0.25) is 5.02 Å². The van der Waals surface area contributed by atoms with E-state index in [1.165, 1.54) is 0 Å². The molecule has 1 fully saturated rings. The van der Waals surface area contributed by atoms with Gasteiger partial charge in [-0.1, -0.05) is 23.7 Å². The van der Waals surface area contributed by atoms with Crippen LogP contribution < -0.4 is 10.6 Å². The minimum Gasteiger partial charge on any atom is -0.352 e. The van der Waals surface area contributed by atoms with Crippen LogP contribution in [0, 0.1) is 5.92 Å². The van der Waals surface area contributed by atoms with E-state index in [4.69, 9.17) is 11.6 Å². The van der Waals surface area contributed by atoms with Crippen molar-refractivity contribution in [1.29, 1.82) is 0 Å². The molecule has 0 bridgehead atoms. The Balaban J connectivity index is 1.84. The van der Waals surface area contributed by atoms with Gasteiger partial charge in [0.2, 0.25) is 5.91 Å². The van der Waals surface area contributed by atoms with Crippen LogP contribution in [0.4, 0.5) is 0 Å². The fourth-order valence-electron chi connectivity index (χ4n) is 1.86.